The average Bonchev–Trinajstić information content (AvgIpc) is 2.10. The van der Waals surface area contributed by atoms with Gasteiger partial charge in [0.05, 0.1) is 6.61 Å². The van der Waals surface area contributed by atoms with Crippen molar-refractivity contribution < 1.29 is 19.4 Å². The maximum absolute atomic E-state index is 10.3. The van der Waals surface area contributed by atoms with Crippen LogP contribution in [-0.2, 0) is 14.3 Å². The molecule has 1 heterocycles. The third kappa shape index (κ3) is 3.46. The summed E-state index contributed by atoms with van der Waals surface area (Å²) in [4.78, 5) is 10.3. The van der Waals surface area contributed by atoms with Gasteiger partial charge in [-0.2, -0.15) is 0 Å². The Balaban J connectivity index is 0.000001000. The van der Waals surface area contributed by atoms with E-state index in [9.17, 15) is 4.79 Å². The van der Waals surface area contributed by atoms with Gasteiger partial charge in [-0.25, -0.2) is 4.79 Å². The summed E-state index contributed by atoms with van der Waals surface area (Å²) >= 11 is 0. The molecule has 0 aromatic carbocycles. The van der Waals surface area contributed by atoms with Gasteiger partial charge in [-0.1, -0.05) is 0 Å². The Hall–Kier alpha value is 0.961. The van der Waals surface area contributed by atoms with Crippen LogP contribution in [-0.4, -0.2) is 78.5 Å². The van der Waals surface area contributed by atoms with Crippen LogP contribution in [0.3, 0.4) is 0 Å². The van der Waals surface area contributed by atoms with Gasteiger partial charge in [0, 0.05) is 0 Å². The standard InChI is InChI=1S/C6H10O4.Ba.2H/c1-6(2)9-3-4(10-6)5(7)8;;;/h4H,3H2,1-2H3,(H,7,8);;;. The van der Waals surface area contributed by atoms with Gasteiger partial charge < -0.3 is 14.6 Å². The van der Waals surface area contributed by atoms with E-state index in [1.165, 1.54) is 0 Å². The number of hydrogen-bond acceptors (Lipinski definition) is 3. The molecule has 0 aliphatic carbocycles. The summed E-state index contributed by atoms with van der Waals surface area (Å²) in [7, 11) is 0. The van der Waals surface area contributed by atoms with E-state index in [0.717, 1.165) is 0 Å². The molecule has 62 valence electrons. The molecule has 1 aliphatic heterocycles. The molecule has 0 aromatic rings. The Kier molecular flexibility index (Phi) is 4.64. The Morgan fingerprint density at radius 2 is 2.18 bits per heavy atom. The SMILES string of the molecule is CC1(C)OCC(C(=O)O)O1.[BaH2]. The van der Waals surface area contributed by atoms with E-state index in [2.05, 4.69) is 0 Å². The fraction of sp³-hybridized carbons (Fsp3) is 0.833. The Bertz CT molecular complexity index is 157. The fourth-order valence-electron chi connectivity index (χ4n) is 0.809. The minimum absolute atomic E-state index is 0. The van der Waals surface area contributed by atoms with Crippen molar-refractivity contribution in [3.63, 3.8) is 0 Å². The summed E-state index contributed by atoms with van der Waals surface area (Å²) in [5.41, 5.74) is 0. The van der Waals surface area contributed by atoms with Gasteiger partial charge in [0.25, 0.3) is 0 Å². The quantitative estimate of drug-likeness (QED) is 0.648. The zero-order valence-corrected chi connectivity index (χ0v) is 5.96. The Labute approximate surface area is 105 Å². The number of carboxylic acids is 1. The van der Waals surface area contributed by atoms with Crippen molar-refractivity contribution >= 4 is 54.9 Å². The molecule has 1 N–H and O–H groups in total. The molecule has 0 saturated carbocycles. The van der Waals surface area contributed by atoms with Crippen molar-refractivity contribution in [1.82, 2.24) is 0 Å². The van der Waals surface area contributed by atoms with Gasteiger partial charge in [-0.15, -0.1) is 0 Å². The van der Waals surface area contributed by atoms with Crippen LogP contribution in [0.15, 0.2) is 0 Å². The number of aliphatic carboxylic acids is 1. The molecule has 0 radical (unpaired) electrons. The molecule has 11 heavy (non-hydrogen) atoms. The predicted octanol–water partition coefficient (Wildman–Crippen LogP) is -0.694. The van der Waals surface area contributed by atoms with Gasteiger partial charge in [-0.05, 0) is 13.8 Å². The van der Waals surface area contributed by atoms with Crippen molar-refractivity contribution in [2.75, 3.05) is 6.61 Å². The first-order chi connectivity index (χ1) is 4.51. The van der Waals surface area contributed by atoms with Crippen LogP contribution in [0.1, 0.15) is 13.8 Å². The van der Waals surface area contributed by atoms with Crippen LogP contribution in [0.5, 0.6) is 0 Å². The van der Waals surface area contributed by atoms with Gasteiger partial charge in [0.15, 0.2) is 11.9 Å². The normalized spacial score (nSPS) is 27.6. The van der Waals surface area contributed by atoms with Crippen molar-refractivity contribution in [2.24, 2.45) is 0 Å². The van der Waals surface area contributed by atoms with Crippen molar-refractivity contribution in [3.8, 4) is 0 Å². The van der Waals surface area contributed by atoms with E-state index in [4.69, 9.17) is 14.6 Å². The summed E-state index contributed by atoms with van der Waals surface area (Å²) in [5.74, 6) is -1.70. The summed E-state index contributed by atoms with van der Waals surface area (Å²) in [5, 5.41) is 8.44. The van der Waals surface area contributed by atoms with Crippen LogP contribution in [0, 0.1) is 0 Å². The van der Waals surface area contributed by atoms with Crippen LogP contribution < -0.4 is 0 Å². The van der Waals surface area contributed by atoms with E-state index in [-0.39, 0.29) is 55.5 Å². The second-order valence-electron chi connectivity index (χ2n) is 2.66. The number of carboxylic acid groups (broad SMARTS) is 1. The number of rotatable bonds is 1. The topological polar surface area (TPSA) is 55.8 Å². The predicted molar refractivity (Wildman–Crippen MR) is 41.1 cm³/mol. The van der Waals surface area contributed by atoms with Crippen LogP contribution in [0.25, 0.3) is 0 Å². The molecular weight excluding hydrogens is 273 g/mol. The summed E-state index contributed by atoms with van der Waals surface area (Å²) in [6.45, 7) is 3.52. The van der Waals surface area contributed by atoms with E-state index in [1.54, 1.807) is 13.8 Å². The Morgan fingerprint density at radius 1 is 1.64 bits per heavy atom. The Morgan fingerprint density at radius 3 is 2.36 bits per heavy atom. The summed E-state index contributed by atoms with van der Waals surface area (Å²) in [6.07, 6.45) is -0.796. The molecule has 5 heteroatoms. The molecule has 1 unspecified atom stereocenters. The zero-order valence-electron chi connectivity index (χ0n) is 5.96. The monoisotopic (exact) mass is 286 g/mol. The molecule has 0 amide bonds. The molecule has 1 saturated heterocycles. The van der Waals surface area contributed by atoms with Gasteiger partial charge in [-0.3, -0.25) is 0 Å². The van der Waals surface area contributed by atoms with Gasteiger partial charge >= 0.3 is 54.9 Å². The first-order valence-corrected chi connectivity index (χ1v) is 3.06. The molecule has 0 bridgehead atoms. The van der Waals surface area contributed by atoms with Gasteiger partial charge in [0.2, 0.25) is 0 Å². The van der Waals surface area contributed by atoms with Crippen molar-refractivity contribution in [2.45, 2.75) is 25.7 Å². The molecular formula is C6H12BaO4. The molecule has 1 fully saturated rings. The zero-order chi connectivity index (χ0) is 7.78. The van der Waals surface area contributed by atoms with Crippen LogP contribution >= 0.6 is 0 Å². The minimum atomic E-state index is -0.967. The first-order valence-electron chi connectivity index (χ1n) is 3.06. The maximum atomic E-state index is 10.3. The van der Waals surface area contributed by atoms with E-state index < -0.39 is 17.9 Å². The number of ether oxygens (including phenoxy) is 2. The first kappa shape index (κ1) is 12.0. The van der Waals surface area contributed by atoms with E-state index in [1.807, 2.05) is 0 Å². The van der Waals surface area contributed by atoms with E-state index in [0.29, 0.717) is 0 Å². The molecule has 1 aliphatic rings. The van der Waals surface area contributed by atoms with Crippen LogP contribution in [0.4, 0.5) is 0 Å². The van der Waals surface area contributed by atoms with Crippen LogP contribution in [0.2, 0.25) is 0 Å². The van der Waals surface area contributed by atoms with Gasteiger partial charge in [0.1, 0.15) is 0 Å². The molecule has 0 spiro atoms. The molecule has 1 rings (SSSR count). The average molecular weight is 285 g/mol. The third-order valence-electron chi connectivity index (χ3n) is 1.28. The molecule has 1 atom stereocenters. The van der Waals surface area contributed by atoms with E-state index >= 15 is 0 Å². The number of hydrogen-bond donors (Lipinski definition) is 1. The molecule has 0 aromatic heterocycles. The van der Waals surface area contributed by atoms with Crippen molar-refractivity contribution in [1.29, 1.82) is 0 Å². The summed E-state index contributed by atoms with van der Waals surface area (Å²) < 4.78 is 10.00. The second kappa shape index (κ2) is 4.27. The third-order valence-corrected chi connectivity index (χ3v) is 1.28. The second-order valence-corrected chi connectivity index (χ2v) is 2.66. The molecule has 4 nitrogen and oxygen atoms in total. The number of carbonyl (C=O) groups is 1. The van der Waals surface area contributed by atoms with Crippen molar-refractivity contribution in [3.05, 3.63) is 0 Å². The fourth-order valence-corrected chi connectivity index (χ4v) is 0.809. The summed E-state index contributed by atoms with van der Waals surface area (Å²) in [6, 6.07) is 0.